The van der Waals surface area contributed by atoms with Crippen LogP contribution in [-0.2, 0) is 19.7 Å². The highest BCUT2D eigenvalue weighted by molar-refractivity contribution is 7.91. The van der Waals surface area contributed by atoms with Crippen molar-refractivity contribution in [1.29, 1.82) is 0 Å². The maximum Gasteiger partial charge on any atom is 0.206 e. The largest absolute Gasteiger partial charge is 0.399 e. The minimum atomic E-state index is -3.76. The first-order valence-electron chi connectivity index (χ1n) is 10.1. The van der Waals surface area contributed by atoms with E-state index in [4.69, 9.17) is 17.2 Å². The topological polar surface area (TPSA) is 158 Å². The van der Waals surface area contributed by atoms with Crippen LogP contribution < -0.4 is 22.5 Å². The molecule has 4 aromatic rings. The fraction of sp³-hybridized carbons (Fsp3) is 0. The van der Waals surface area contributed by atoms with E-state index in [1.54, 1.807) is 18.2 Å². The van der Waals surface area contributed by atoms with Gasteiger partial charge >= 0.3 is 0 Å². The number of hydrogen-bond acceptors (Lipinski definition) is 8. The summed E-state index contributed by atoms with van der Waals surface area (Å²) in [5.41, 5.74) is 19.6. The van der Waals surface area contributed by atoms with E-state index in [2.05, 4.69) is 5.32 Å². The molecule has 0 fully saturated rings. The molecule has 0 saturated carbocycles. The van der Waals surface area contributed by atoms with Crippen molar-refractivity contribution in [3.63, 3.8) is 0 Å². The van der Waals surface area contributed by atoms with Gasteiger partial charge in [0, 0.05) is 17.1 Å². The first-order valence-corrected chi connectivity index (χ1v) is 13.0. The fourth-order valence-electron chi connectivity index (χ4n) is 3.26. The summed E-state index contributed by atoms with van der Waals surface area (Å²) in [6, 6.07) is 22.4. The Morgan fingerprint density at radius 3 is 1.32 bits per heavy atom. The van der Waals surface area contributed by atoms with E-state index in [1.807, 2.05) is 0 Å². The van der Waals surface area contributed by atoms with Gasteiger partial charge in [0.15, 0.2) is 0 Å². The molecule has 0 unspecified atom stereocenters. The average molecular weight is 495 g/mol. The van der Waals surface area contributed by atoms with Crippen molar-refractivity contribution in [1.82, 2.24) is 0 Å². The molecule has 34 heavy (non-hydrogen) atoms. The lowest BCUT2D eigenvalue weighted by molar-refractivity contribution is 0.594. The SMILES string of the molecule is Nc1ccc(S(=O)(=O)c2ccc(Nc3ccc(S(=O)(=O)c4ccc(N)cc4)cc3N)cc2)cc1. The summed E-state index contributed by atoms with van der Waals surface area (Å²) in [5, 5.41) is 3.08. The van der Waals surface area contributed by atoms with Gasteiger partial charge in [0.05, 0.1) is 31.0 Å². The molecular weight excluding hydrogens is 472 g/mol. The Morgan fingerprint density at radius 2 is 0.882 bits per heavy atom. The van der Waals surface area contributed by atoms with E-state index in [1.165, 1.54) is 72.8 Å². The van der Waals surface area contributed by atoms with Crippen LogP contribution in [0.4, 0.5) is 28.4 Å². The van der Waals surface area contributed by atoms with Crippen molar-refractivity contribution < 1.29 is 16.8 Å². The minimum Gasteiger partial charge on any atom is -0.399 e. The van der Waals surface area contributed by atoms with E-state index < -0.39 is 19.7 Å². The van der Waals surface area contributed by atoms with Crippen LogP contribution in [0.3, 0.4) is 0 Å². The smallest absolute Gasteiger partial charge is 0.206 e. The van der Waals surface area contributed by atoms with Crippen LogP contribution in [0.1, 0.15) is 0 Å². The number of benzene rings is 4. The second-order valence-electron chi connectivity index (χ2n) is 7.54. The lowest BCUT2D eigenvalue weighted by Crippen LogP contribution is -2.05. The average Bonchev–Trinajstić information content (AvgIpc) is 2.81. The van der Waals surface area contributed by atoms with Crippen molar-refractivity contribution in [3.8, 4) is 0 Å². The quantitative estimate of drug-likeness (QED) is 0.294. The van der Waals surface area contributed by atoms with Gasteiger partial charge in [0.1, 0.15) is 0 Å². The zero-order chi connectivity index (χ0) is 24.5. The first-order chi connectivity index (χ1) is 16.1. The monoisotopic (exact) mass is 494 g/mol. The Labute approximate surface area is 197 Å². The minimum absolute atomic E-state index is 0.0465. The van der Waals surface area contributed by atoms with Gasteiger partial charge in [0.2, 0.25) is 19.7 Å². The molecule has 0 spiro atoms. The number of nitrogens with one attached hydrogen (secondary N) is 1. The molecule has 0 bridgehead atoms. The molecule has 0 saturated heterocycles. The van der Waals surface area contributed by atoms with Crippen molar-refractivity contribution in [3.05, 3.63) is 91.0 Å². The highest BCUT2D eigenvalue weighted by atomic mass is 32.2. The number of nitrogen functional groups attached to an aromatic ring is 3. The Balaban J connectivity index is 1.55. The van der Waals surface area contributed by atoms with Gasteiger partial charge in [-0.05, 0) is 91.0 Å². The molecule has 7 N–H and O–H groups in total. The second kappa shape index (κ2) is 8.73. The van der Waals surface area contributed by atoms with Gasteiger partial charge in [-0.1, -0.05) is 0 Å². The normalized spacial score (nSPS) is 11.8. The van der Waals surface area contributed by atoms with Gasteiger partial charge in [-0.25, -0.2) is 16.8 Å². The van der Waals surface area contributed by atoms with E-state index in [0.717, 1.165) is 0 Å². The van der Waals surface area contributed by atoms with Gasteiger partial charge in [-0.2, -0.15) is 0 Å². The predicted molar refractivity (Wildman–Crippen MR) is 133 cm³/mol. The second-order valence-corrected chi connectivity index (χ2v) is 11.4. The summed E-state index contributed by atoms with van der Waals surface area (Å²) in [5.74, 6) is 0. The van der Waals surface area contributed by atoms with E-state index in [-0.39, 0.29) is 25.3 Å². The molecule has 0 heterocycles. The summed E-state index contributed by atoms with van der Waals surface area (Å²) in [6.07, 6.45) is 0. The summed E-state index contributed by atoms with van der Waals surface area (Å²) >= 11 is 0. The molecule has 0 aliphatic rings. The molecule has 0 radical (unpaired) electrons. The Hall–Kier alpha value is -4.02. The van der Waals surface area contributed by atoms with Gasteiger partial charge in [0.25, 0.3) is 0 Å². The van der Waals surface area contributed by atoms with Crippen molar-refractivity contribution >= 4 is 48.1 Å². The molecule has 4 aromatic carbocycles. The van der Waals surface area contributed by atoms with Crippen LogP contribution in [0.25, 0.3) is 0 Å². The number of rotatable bonds is 6. The van der Waals surface area contributed by atoms with Crippen LogP contribution >= 0.6 is 0 Å². The first kappa shape index (κ1) is 23.1. The molecule has 0 aromatic heterocycles. The standard InChI is InChI=1S/C24H22N4O4S2/c25-16-1-7-19(8-2-16)33(29,30)21-11-5-18(6-12-21)28-24-14-13-22(15-23(24)27)34(31,32)20-9-3-17(26)4-10-20/h1-15,28H,25-27H2. The van der Waals surface area contributed by atoms with Gasteiger partial charge in [-0.15, -0.1) is 0 Å². The number of nitrogens with two attached hydrogens (primary N) is 3. The van der Waals surface area contributed by atoms with Gasteiger partial charge in [-0.3, -0.25) is 0 Å². The van der Waals surface area contributed by atoms with Crippen molar-refractivity contribution in [2.24, 2.45) is 0 Å². The summed E-state index contributed by atoms with van der Waals surface area (Å²) in [4.78, 5) is 0.426. The Morgan fingerprint density at radius 1 is 0.500 bits per heavy atom. The highest BCUT2D eigenvalue weighted by Gasteiger charge is 2.19. The zero-order valence-electron chi connectivity index (χ0n) is 17.8. The van der Waals surface area contributed by atoms with Crippen LogP contribution in [0, 0.1) is 0 Å². The number of hydrogen-bond donors (Lipinski definition) is 4. The van der Waals surface area contributed by atoms with E-state index >= 15 is 0 Å². The highest BCUT2D eigenvalue weighted by Crippen LogP contribution is 2.30. The lowest BCUT2D eigenvalue weighted by Gasteiger charge is -2.12. The maximum absolute atomic E-state index is 12.9. The molecule has 10 heteroatoms. The number of anilines is 5. The third-order valence-electron chi connectivity index (χ3n) is 5.16. The zero-order valence-corrected chi connectivity index (χ0v) is 19.5. The molecule has 174 valence electrons. The van der Waals surface area contributed by atoms with Crippen molar-refractivity contribution in [2.75, 3.05) is 22.5 Å². The summed E-state index contributed by atoms with van der Waals surface area (Å²) < 4.78 is 51.3. The lowest BCUT2D eigenvalue weighted by atomic mass is 10.2. The van der Waals surface area contributed by atoms with Crippen LogP contribution in [0.5, 0.6) is 0 Å². The van der Waals surface area contributed by atoms with Gasteiger partial charge < -0.3 is 22.5 Å². The van der Waals surface area contributed by atoms with E-state index in [9.17, 15) is 16.8 Å². The maximum atomic E-state index is 12.9. The molecule has 0 atom stereocenters. The summed E-state index contributed by atoms with van der Waals surface area (Å²) in [6.45, 7) is 0. The Kier molecular flexibility index (Phi) is 5.94. The third kappa shape index (κ3) is 4.54. The van der Waals surface area contributed by atoms with Crippen LogP contribution in [0.2, 0.25) is 0 Å². The third-order valence-corrected chi connectivity index (χ3v) is 8.71. The van der Waals surface area contributed by atoms with Crippen LogP contribution in [0.15, 0.2) is 111 Å². The molecule has 0 aliphatic heterocycles. The Bertz CT molecular complexity index is 1550. The van der Waals surface area contributed by atoms with Crippen molar-refractivity contribution in [2.45, 2.75) is 19.6 Å². The molecule has 0 amide bonds. The molecule has 4 rings (SSSR count). The van der Waals surface area contributed by atoms with E-state index in [0.29, 0.717) is 22.7 Å². The molecule has 8 nitrogen and oxygen atoms in total. The molecular formula is C24H22N4O4S2. The molecule has 0 aliphatic carbocycles. The summed E-state index contributed by atoms with van der Waals surface area (Å²) in [7, 11) is -7.44. The predicted octanol–water partition coefficient (Wildman–Crippen LogP) is 3.84. The fourth-order valence-corrected chi connectivity index (χ4v) is 5.82. The van der Waals surface area contributed by atoms with Crippen LogP contribution in [-0.4, -0.2) is 16.8 Å². The number of sulfone groups is 2.